The van der Waals surface area contributed by atoms with Crippen molar-refractivity contribution in [2.45, 2.75) is 12.8 Å². The molecule has 2 aliphatic rings. The van der Waals surface area contributed by atoms with Crippen molar-refractivity contribution in [3.63, 3.8) is 0 Å². The van der Waals surface area contributed by atoms with Crippen molar-refractivity contribution in [1.29, 1.82) is 0 Å². The van der Waals surface area contributed by atoms with Crippen LogP contribution in [0.4, 0.5) is 0 Å². The molecule has 3 heterocycles. The summed E-state index contributed by atoms with van der Waals surface area (Å²) in [6.45, 7) is 1.95. The van der Waals surface area contributed by atoms with Crippen LogP contribution in [0.2, 0.25) is 0 Å². The van der Waals surface area contributed by atoms with Crippen LogP contribution in [-0.2, 0) is 13.8 Å². The summed E-state index contributed by atoms with van der Waals surface area (Å²) in [4.78, 5) is 0. The Morgan fingerprint density at radius 1 is 1.06 bits per heavy atom. The molecule has 0 radical (unpaired) electrons. The molecule has 158 valence electrons. The largest absolute Gasteiger partial charge is 0.481 e. The highest BCUT2D eigenvalue weighted by Gasteiger charge is 2.44. The number of aromatic nitrogens is 2. The number of rotatable bonds is 3. The molecule has 1 N–H and O–H groups in total. The highest BCUT2D eigenvalue weighted by Crippen LogP contribution is 2.54. The maximum atomic E-state index is 13.0. The van der Waals surface area contributed by atoms with E-state index in [1.807, 2.05) is 67.6 Å². The third-order valence-electron chi connectivity index (χ3n) is 5.35. The van der Waals surface area contributed by atoms with Gasteiger partial charge in [0.05, 0.1) is 35.5 Å². The maximum Gasteiger partial charge on any atom is 0.418 e. The number of fused-ring (bicyclic) bond motifs is 1. The lowest BCUT2D eigenvalue weighted by Crippen LogP contribution is -2.33. The molecule has 3 aromatic rings. The highest BCUT2D eigenvalue weighted by atomic mass is 31.2. The first-order valence-corrected chi connectivity index (χ1v) is 11.3. The molecular weight excluding hydrogens is 415 g/mol. The van der Waals surface area contributed by atoms with E-state index in [0.717, 1.165) is 22.5 Å². The molecule has 0 saturated carbocycles. The van der Waals surface area contributed by atoms with Crippen molar-refractivity contribution in [3.05, 3.63) is 88.9 Å². The molecule has 0 fully saturated rings. The smallest absolute Gasteiger partial charge is 0.418 e. The standard InChI is InChI=1S/C22H21N4O4P/c1-14-17-18(15-10-6-4-7-11-15)19-20(28-2)24-31(27,29-3)25-21(19)30-22(17)26(23-14)16-12-8-5-9-13-16/h4-13,18H,1-3H3,(H,24,25,27). The molecular formula is C22H21N4O4P. The van der Waals surface area contributed by atoms with Gasteiger partial charge in [0.1, 0.15) is 0 Å². The summed E-state index contributed by atoms with van der Waals surface area (Å²) in [5.74, 6) is 0.763. The Morgan fingerprint density at radius 3 is 2.39 bits per heavy atom. The first-order chi connectivity index (χ1) is 15.0. The van der Waals surface area contributed by atoms with Crippen molar-refractivity contribution >= 4 is 13.6 Å². The van der Waals surface area contributed by atoms with E-state index in [2.05, 4.69) is 9.85 Å². The number of ether oxygens (including phenoxy) is 2. The number of benzene rings is 2. The summed E-state index contributed by atoms with van der Waals surface area (Å²) < 4.78 is 36.0. The molecule has 8 nitrogen and oxygen atoms in total. The lowest BCUT2D eigenvalue weighted by molar-refractivity contribution is 0.320. The average Bonchev–Trinajstić information content (AvgIpc) is 3.14. The molecule has 9 heteroatoms. The van der Waals surface area contributed by atoms with Gasteiger partial charge in [0.15, 0.2) is 0 Å². The molecule has 2 aromatic carbocycles. The number of nitrogens with zero attached hydrogens (tertiary/aromatic N) is 3. The first kappa shape index (κ1) is 19.6. The van der Waals surface area contributed by atoms with Crippen LogP contribution < -0.4 is 9.82 Å². The van der Waals surface area contributed by atoms with E-state index < -0.39 is 7.67 Å². The second-order valence-corrected chi connectivity index (χ2v) is 8.99. The third-order valence-corrected chi connectivity index (χ3v) is 6.78. The lowest BCUT2D eigenvalue weighted by atomic mass is 9.83. The van der Waals surface area contributed by atoms with Gasteiger partial charge in [-0.3, -0.25) is 9.61 Å². The second kappa shape index (κ2) is 7.41. The molecule has 31 heavy (non-hydrogen) atoms. The Kier molecular flexibility index (Phi) is 4.68. The van der Waals surface area contributed by atoms with E-state index in [-0.39, 0.29) is 17.7 Å². The molecule has 0 amide bonds. The van der Waals surface area contributed by atoms with Gasteiger partial charge in [0.2, 0.25) is 17.7 Å². The molecule has 0 saturated heterocycles. The zero-order chi connectivity index (χ0) is 21.6. The van der Waals surface area contributed by atoms with Crippen LogP contribution in [0.15, 0.2) is 76.9 Å². The van der Waals surface area contributed by atoms with Crippen molar-refractivity contribution in [3.8, 4) is 11.6 Å². The van der Waals surface area contributed by atoms with Crippen LogP contribution in [0.25, 0.3) is 5.69 Å². The fourth-order valence-corrected chi connectivity index (χ4v) is 5.04. The van der Waals surface area contributed by atoms with Crippen LogP contribution in [-0.4, -0.2) is 29.9 Å². The monoisotopic (exact) mass is 436 g/mol. The predicted octanol–water partition coefficient (Wildman–Crippen LogP) is 4.32. The average molecular weight is 436 g/mol. The summed E-state index contributed by atoms with van der Waals surface area (Å²) >= 11 is 0. The summed E-state index contributed by atoms with van der Waals surface area (Å²) in [5, 5.41) is 7.62. The molecule has 2 unspecified atom stereocenters. The number of methoxy groups -OCH3 is 1. The van der Waals surface area contributed by atoms with Gasteiger partial charge in [0.25, 0.3) is 0 Å². The summed E-state index contributed by atoms with van der Waals surface area (Å²) in [6.07, 6.45) is 0. The maximum absolute atomic E-state index is 13.0. The fourth-order valence-electron chi connectivity index (χ4n) is 3.97. The van der Waals surface area contributed by atoms with Crippen LogP contribution in [0.1, 0.15) is 22.7 Å². The molecule has 0 bridgehead atoms. The Morgan fingerprint density at radius 2 is 1.74 bits per heavy atom. The first-order valence-electron chi connectivity index (χ1n) is 9.75. The zero-order valence-corrected chi connectivity index (χ0v) is 18.2. The normalized spacial score (nSPS) is 22.0. The van der Waals surface area contributed by atoms with Crippen LogP contribution in [0, 0.1) is 6.92 Å². The van der Waals surface area contributed by atoms with Gasteiger partial charge in [0, 0.05) is 7.11 Å². The minimum atomic E-state index is -3.57. The molecule has 0 aliphatic carbocycles. The Hall–Kier alpha value is -3.35. The van der Waals surface area contributed by atoms with Crippen molar-refractivity contribution in [2.24, 2.45) is 4.76 Å². The van der Waals surface area contributed by atoms with E-state index in [9.17, 15) is 4.57 Å². The summed E-state index contributed by atoms with van der Waals surface area (Å²) in [5.41, 5.74) is 4.23. The second-order valence-electron chi connectivity index (χ2n) is 7.16. The van der Waals surface area contributed by atoms with Crippen LogP contribution in [0.5, 0.6) is 5.88 Å². The van der Waals surface area contributed by atoms with Gasteiger partial charge < -0.3 is 9.47 Å². The number of aryl methyl sites for hydroxylation is 1. The van der Waals surface area contributed by atoms with Gasteiger partial charge >= 0.3 is 7.67 Å². The van der Waals surface area contributed by atoms with Gasteiger partial charge in [-0.05, 0) is 24.6 Å². The number of hydrogen-bond acceptors (Lipinski definition) is 5. The van der Waals surface area contributed by atoms with E-state index in [1.54, 1.807) is 4.68 Å². The third kappa shape index (κ3) is 3.15. The molecule has 2 atom stereocenters. The van der Waals surface area contributed by atoms with Crippen LogP contribution >= 0.6 is 7.67 Å². The SMILES string of the molecule is COC1=NP(=O)(OC)NC2=C1C(c1ccccc1)c1c(C)nn(-c3ccccc3)c1O2. The summed E-state index contributed by atoms with van der Waals surface area (Å²) in [6, 6.07) is 19.7. The van der Waals surface area contributed by atoms with Gasteiger partial charge in [-0.1, -0.05) is 48.5 Å². The number of nitrogens with one attached hydrogen (secondary N) is 1. The predicted molar refractivity (Wildman–Crippen MR) is 116 cm³/mol. The van der Waals surface area contributed by atoms with E-state index in [0.29, 0.717) is 11.5 Å². The Labute approximate surface area is 179 Å². The van der Waals surface area contributed by atoms with Gasteiger partial charge in [-0.2, -0.15) is 5.10 Å². The summed E-state index contributed by atoms with van der Waals surface area (Å²) in [7, 11) is -0.743. The Bertz CT molecular complexity index is 1250. The van der Waals surface area contributed by atoms with Crippen molar-refractivity contribution < 1.29 is 18.6 Å². The Balaban J connectivity index is 1.77. The molecule has 5 rings (SSSR count). The fraction of sp³-hybridized carbons (Fsp3) is 0.182. The van der Waals surface area contributed by atoms with E-state index in [1.165, 1.54) is 14.2 Å². The molecule has 2 aliphatic heterocycles. The van der Waals surface area contributed by atoms with Gasteiger partial charge in [-0.15, -0.1) is 4.76 Å². The molecule has 0 spiro atoms. The van der Waals surface area contributed by atoms with E-state index in [4.69, 9.17) is 19.1 Å². The minimum Gasteiger partial charge on any atom is -0.481 e. The minimum absolute atomic E-state index is 0.213. The van der Waals surface area contributed by atoms with Crippen molar-refractivity contribution in [2.75, 3.05) is 14.2 Å². The van der Waals surface area contributed by atoms with Crippen molar-refractivity contribution in [1.82, 2.24) is 14.9 Å². The molecule has 1 aromatic heterocycles. The van der Waals surface area contributed by atoms with Crippen LogP contribution in [0.3, 0.4) is 0 Å². The lowest BCUT2D eigenvalue weighted by Gasteiger charge is -2.33. The van der Waals surface area contributed by atoms with Gasteiger partial charge in [-0.25, -0.2) is 9.25 Å². The quantitative estimate of drug-likeness (QED) is 0.616. The highest BCUT2D eigenvalue weighted by molar-refractivity contribution is 7.55. The number of para-hydroxylation sites is 1. The topological polar surface area (TPSA) is 87.0 Å². The number of hydrogen-bond donors (Lipinski definition) is 1. The van der Waals surface area contributed by atoms with E-state index >= 15 is 0 Å². The zero-order valence-electron chi connectivity index (χ0n) is 17.3.